The van der Waals surface area contributed by atoms with Gasteiger partial charge in [-0.05, 0) is 18.1 Å². The molecule has 0 heterocycles. The monoisotopic (exact) mass is 746 g/mol. The molecule has 0 nitrogen and oxygen atoms in total. The Labute approximate surface area is 251 Å². The van der Waals surface area contributed by atoms with Crippen LogP contribution in [0.15, 0.2) is 18.2 Å². The van der Waals surface area contributed by atoms with Gasteiger partial charge in [-0.3, -0.25) is 0 Å². The third-order valence-corrected chi connectivity index (χ3v) is 23.7. The lowest BCUT2D eigenvalue weighted by Gasteiger charge is -2.54. The molecule has 0 aliphatic rings. The van der Waals surface area contributed by atoms with E-state index in [1.165, 1.54) is 0 Å². The molecule has 32 heavy (non-hydrogen) atoms. The molecular formula is C16H22Cl12Si4. The van der Waals surface area contributed by atoms with Crippen LogP contribution < -0.4 is 0 Å². The summed E-state index contributed by atoms with van der Waals surface area (Å²) in [6.07, 6.45) is 0. The summed E-state index contributed by atoms with van der Waals surface area (Å²) >= 11 is 79.1. The number of hydrogen-bond acceptors (Lipinski definition) is 0. The van der Waals surface area contributed by atoms with Crippen LogP contribution in [0.2, 0.25) is 16.6 Å². The number of hydrogen-bond donors (Lipinski definition) is 0. The molecule has 0 aliphatic carbocycles. The zero-order chi connectivity index (χ0) is 25.7. The molecule has 0 saturated carbocycles. The van der Waals surface area contributed by atoms with Gasteiger partial charge >= 0.3 is 24.0 Å². The third kappa shape index (κ3) is 7.57. The predicted molar refractivity (Wildman–Crippen MR) is 163 cm³/mol. The Hall–Kier alpha value is 3.57. The standard InChI is InChI=1S/C16H22Cl12Si4/c1-9-6-7-15(14(8-9)10(2)29(17,18)19)16(11(3)30(20,21)22,12(4)31(23,24)25)13(5)32(26,27)28/h6-8,10-13H,1-5H3. The predicted octanol–water partition coefficient (Wildman–Crippen LogP) is 11.7. The molecule has 0 radical (unpaired) electrons. The van der Waals surface area contributed by atoms with Gasteiger partial charge in [-0.2, -0.15) is 0 Å². The van der Waals surface area contributed by atoms with Crippen molar-refractivity contribution in [2.24, 2.45) is 0 Å². The molecule has 16 heteroatoms. The highest BCUT2D eigenvalue weighted by Crippen LogP contribution is 2.67. The Kier molecular flexibility index (Phi) is 12.3. The van der Waals surface area contributed by atoms with Gasteiger partial charge in [0.1, 0.15) is 0 Å². The van der Waals surface area contributed by atoms with Gasteiger partial charge < -0.3 is 0 Å². The molecule has 0 fully saturated rings. The third-order valence-electron chi connectivity index (χ3n) is 6.25. The molecule has 0 aromatic heterocycles. The van der Waals surface area contributed by atoms with Gasteiger partial charge in [-0.1, -0.05) is 51.5 Å². The fourth-order valence-corrected chi connectivity index (χ4v) is 14.9. The summed E-state index contributed by atoms with van der Waals surface area (Å²) in [6.45, 7) is 9.26. The minimum Gasteiger partial charge on any atom is -0.126 e. The quantitative estimate of drug-likeness (QED) is 0.174. The van der Waals surface area contributed by atoms with Crippen molar-refractivity contribution in [3.63, 3.8) is 0 Å². The van der Waals surface area contributed by atoms with Crippen molar-refractivity contribution in [1.29, 1.82) is 0 Å². The summed E-state index contributed by atoms with van der Waals surface area (Å²) in [4.78, 5) is 0. The molecule has 1 aromatic rings. The van der Waals surface area contributed by atoms with Crippen molar-refractivity contribution in [2.75, 3.05) is 0 Å². The van der Waals surface area contributed by atoms with Gasteiger partial charge in [0.05, 0.1) is 0 Å². The fraction of sp³-hybridized carbons (Fsp3) is 0.625. The normalized spacial score (nSPS) is 19.8. The maximum atomic E-state index is 6.63. The topological polar surface area (TPSA) is 0 Å². The van der Waals surface area contributed by atoms with Crippen LogP contribution in [0.1, 0.15) is 49.9 Å². The van der Waals surface area contributed by atoms with E-state index < -0.39 is 51.6 Å². The van der Waals surface area contributed by atoms with E-state index in [9.17, 15) is 0 Å². The lowest BCUT2D eigenvalue weighted by atomic mass is 9.70. The molecule has 0 N–H and O–H groups in total. The maximum absolute atomic E-state index is 6.63. The number of aryl methyl sites for hydroxylation is 1. The lowest BCUT2D eigenvalue weighted by molar-refractivity contribution is 0.371. The first-order chi connectivity index (χ1) is 14.0. The van der Waals surface area contributed by atoms with Crippen LogP contribution in [0, 0.1) is 6.92 Å². The molecule has 0 saturated heterocycles. The molecule has 0 aliphatic heterocycles. The van der Waals surface area contributed by atoms with Crippen LogP contribution in [0.5, 0.6) is 0 Å². The highest BCUT2D eigenvalue weighted by molar-refractivity contribution is 7.67. The van der Waals surface area contributed by atoms with Crippen LogP contribution in [0.3, 0.4) is 0 Å². The second kappa shape index (κ2) is 11.8. The molecule has 0 amide bonds. The molecular weight excluding hydrogens is 730 g/mol. The molecule has 186 valence electrons. The van der Waals surface area contributed by atoms with E-state index in [0.29, 0.717) is 0 Å². The minimum absolute atomic E-state index is 0.417. The van der Waals surface area contributed by atoms with Crippen LogP contribution in [-0.2, 0) is 5.41 Å². The first kappa shape index (κ1) is 33.6. The average Bonchev–Trinajstić information content (AvgIpc) is 2.58. The van der Waals surface area contributed by atoms with E-state index in [-0.39, 0.29) is 0 Å². The van der Waals surface area contributed by atoms with Gasteiger partial charge in [0.25, 0.3) is 0 Å². The average molecular weight is 752 g/mol. The summed E-state index contributed by atoms with van der Waals surface area (Å²) in [5.41, 5.74) is -0.835. The smallest absolute Gasteiger partial charge is 0.126 e. The molecule has 4 unspecified atom stereocenters. The van der Waals surface area contributed by atoms with Crippen LogP contribution >= 0.6 is 133 Å². The number of rotatable bonds is 9. The molecule has 1 aromatic carbocycles. The molecule has 0 spiro atoms. The van der Waals surface area contributed by atoms with Gasteiger partial charge in [-0.25, -0.2) is 0 Å². The Balaban J connectivity index is 4.30. The van der Waals surface area contributed by atoms with Crippen molar-refractivity contribution in [2.45, 2.75) is 62.2 Å². The van der Waals surface area contributed by atoms with Gasteiger partial charge in [0.15, 0.2) is 0 Å². The molecule has 4 atom stereocenters. The van der Waals surface area contributed by atoms with Crippen LogP contribution in [0.4, 0.5) is 0 Å². The van der Waals surface area contributed by atoms with Crippen molar-refractivity contribution >= 4 is 157 Å². The van der Waals surface area contributed by atoms with Crippen molar-refractivity contribution in [1.82, 2.24) is 0 Å². The first-order valence-corrected chi connectivity index (χ1v) is 29.8. The van der Waals surface area contributed by atoms with Crippen molar-refractivity contribution in [3.05, 3.63) is 34.9 Å². The Morgan fingerprint density at radius 3 is 1.22 bits per heavy atom. The summed E-state index contributed by atoms with van der Waals surface area (Å²) in [5, 5.41) is 0. The summed E-state index contributed by atoms with van der Waals surface area (Å²) < 4.78 is 0. The summed E-state index contributed by atoms with van der Waals surface area (Å²) in [5.74, 6) is 0. The van der Waals surface area contributed by atoms with Crippen LogP contribution in [0.25, 0.3) is 0 Å². The van der Waals surface area contributed by atoms with Gasteiger partial charge in [-0.15, -0.1) is 133 Å². The van der Waals surface area contributed by atoms with E-state index in [1.54, 1.807) is 0 Å². The lowest BCUT2D eigenvalue weighted by Crippen LogP contribution is -2.53. The van der Waals surface area contributed by atoms with Gasteiger partial charge in [0, 0.05) is 27.6 Å². The Morgan fingerprint density at radius 2 is 0.938 bits per heavy atom. The zero-order valence-electron chi connectivity index (χ0n) is 17.6. The van der Waals surface area contributed by atoms with E-state index >= 15 is 0 Å². The Bertz CT molecular complexity index is 746. The summed E-state index contributed by atoms with van der Waals surface area (Å²) in [6, 6.07) is -7.81. The van der Waals surface area contributed by atoms with E-state index in [4.69, 9.17) is 133 Å². The Morgan fingerprint density at radius 1 is 0.594 bits per heavy atom. The second-order valence-corrected chi connectivity index (χ2v) is 44.3. The largest absolute Gasteiger partial charge is 0.348 e. The first-order valence-electron chi connectivity index (χ1n) is 9.37. The summed E-state index contributed by atoms with van der Waals surface area (Å²) in [7, 11) is 0. The number of benzene rings is 1. The maximum Gasteiger partial charge on any atom is 0.348 e. The highest BCUT2D eigenvalue weighted by atomic mass is 35.9. The van der Waals surface area contributed by atoms with Crippen molar-refractivity contribution in [3.8, 4) is 0 Å². The minimum atomic E-state index is -3.46. The van der Waals surface area contributed by atoms with Crippen molar-refractivity contribution < 1.29 is 0 Å². The van der Waals surface area contributed by atoms with Gasteiger partial charge in [0.2, 0.25) is 0 Å². The zero-order valence-corrected chi connectivity index (χ0v) is 30.6. The number of halogens is 12. The highest BCUT2D eigenvalue weighted by Gasteiger charge is 2.64. The molecule has 1 rings (SSSR count). The van der Waals surface area contributed by atoms with E-state index in [1.807, 2.05) is 52.8 Å². The molecule has 0 bridgehead atoms. The van der Waals surface area contributed by atoms with E-state index in [0.717, 1.165) is 16.7 Å². The van der Waals surface area contributed by atoms with E-state index in [2.05, 4.69) is 0 Å². The fourth-order valence-electron chi connectivity index (χ4n) is 4.25. The van der Waals surface area contributed by atoms with Crippen LogP contribution in [-0.4, -0.2) is 24.0 Å². The SMILES string of the molecule is Cc1ccc(C(C(C)[Si](Cl)(Cl)Cl)(C(C)[Si](Cl)(Cl)Cl)C(C)[Si](Cl)(Cl)Cl)c(C(C)[Si](Cl)(Cl)Cl)c1. The second-order valence-electron chi connectivity index (χ2n) is 8.08.